The van der Waals surface area contributed by atoms with E-state index >= 15 is 0 Å². The first-order valence-electron chi connectivity index (χ1n) is 5.38. The van der Waals surface area contributed by atoms with Crippen molar-refractivity contribution in [3.05, 3.63) is 17.5 Å². The molecule has 1 aromatic rings. The molecule has 0 spiro atoms. The molecular formula is C11H16N4O2. The van der Waals surface area contributed by atoms with E-state index in [9.17, 15) is 9.59 Å². The van der Waals surface area contributed by atoms with Gasteiger partial charge in [0.05, 0.1) is 0 Å². The van der Waals surface area contributed by atoms with Crippen molar-refractivity contribution in [2.75, 3.05) is 5.32 Å². The van der Waals surface area contributed by atoms with E-state index < -0.39 is 5.91 Å². The number of hydrogen-bond acceptors (Lipinski definition) is 4. The molecule has 0 unspecified atom stereocenters. The molecule has 0 aliphatic heterocycles. The lowest BCUT2D eigenvalue weighted by Crippen LogP contribution is -2.16. The maximum absolute atomic E-state index is 11.5. The summed E-state index contributed by atoms with van der Waals surface area (Å²) in [5, 5.41) is 2.58. The Morgan fingerprint density at radius 3 is 2.35 bits per heavy atom. The third kappa shape index (κ3) is 5.05. The SMILES string of the molecule is Cc1cc(C)nc(NC(=O)CCCC(N)=O)n1. The van der Waals surface area contributed by atoms with Gasteiger partial charge < -0.3 is 5.73 Å². The Morgan fingerprint density at radius 2 is 1.82 bits per heavy atom. The molecule has 0 atom stereocenters. The highest BCUT2D eigenvalue weighted by molar-refractivity contribution is 5.89. The molecule has 0 aliphatic rings. The summed E-state index contributed by atoms with van der Waals surface area (Å²) in [6.07, 6.45) is 0.881. The van der Waals surface area contributed by atoms with Gasteiger partial charge in [0.25, 0.3) is 0 Å². The second-order valence-corrected chi connectivity index (χ2v) is 3.84. The number of carbonyl (C=O) groups excluding carboxylic acids is 2. The zero-order valence-electron chi connectivity index (χ0n) is 9.99. The zero-order valence-corrected chi connectivity index (χ0v) is 9.99. The summed E-state index contributed by atoms with van der Waals surface area (Å²) < 4.78 is 0. The van der Waals surface area contributed by atoms with Crippen LogP contribution in [-0.2, 0) is 9.59 Å². The van der Waals surface area contributed by atoms with Gasteiger partial charge in [0.15, 0.2) is 0 Å². The molecule has 0 radical (unpaired) electrons. The van der Waals surface area contributed by atoms with Crippen LogP contribution in [0.25, 0.3) is 0 Å². The number of hydrogen-bond donors (Lipinski definition) is 2. The molecule has 2 amide bonds. The highest BCUT2D eigenvalue weighted by Crippen LogP contribution is 2.05. The summed E-state index contributed by atoms with van der Waals surface area (Å²) in [6.45, 7) is 3.66. The van der Waals surface area contributed by atoms with Gasteiger partial charge in [0, 0.05) is 24.2 Å². The Balaban J connectivity index is 2.47. The van der Waals surface area contributed by atoms with Crippen LogP contribution < -0.4 is 11.1 Å². The number of nitrogens with one attached hydrogen (secondary N) is 1. The zero-order chi connectivity index (χ0) is 12.8. The van der Waals surface area contributed by atoms with Gasteiger partial charge >= 0.3 is 0 Å². The van der Waals surface area contributed by atoms with Crippen molar-refractivity contribution in [2.24, 2.45) is 5.73 Å². The van der Waals surface area contributed by atoms with Gasteiger partial charge in [0.2, 0.25) is 17.8 Å². The first-order valence-corrected chi connectivity index (χ1v) is 5.38. The number of nitrogens with two attached hydrogens (primary N) is 1. The topological polar surface area (TPSA) is 98.0 Å². The van der Waals surface area contributed by atoms with Gasteiger partial charge in [-0.2, -0.15) is 0 Å². The van der Waals surface area contributed by atoms with Crippen LogP contribution in [0.3, 0.4) is 0 Å². The fraction of sp³-hybridized carbons (Fsp3) is 0.455. The maximum Gasteiger partial charge on any atom is 0.229 e. The van der Waals surface area contributed by atoms with E-state index in [-0.39, 0.29) is 18.7 Å². The molecule has 1 heterocycles. The van der Waals surface area contributed by atoms with Gasteiger partial charge in [-0.3, -0.25) is 14.9 Å². The van der Waals surface area contributed by atoms with Gasteiger partial charge in [-0.1, -0.05) is 0 Å². The summed E-state index contributed by atoms with van der Waals surface area (Å²) >= 11 is 0. The fourth-order valence-corrected chi connectivity index (χ4v) is 1.39. The van der Waals surface area contributed by atoms with Crippen LogP contribution in [0.4, 0.5) is 5.95 Å². The summed E-state index contributed by atoms with van der Waals surface area (Å²) in [5.74, 6) is -0.316. The minimum atomic E-state index is -0.402. The molecule has 1 rings (SSSR count). The molecule has 1 aromatic heterocycles. The molecule has 0 saturated carbocycles. The molecule has 0 aromatic carbocycles. The van der Waals surface area contributed by atoms with Gasteiger partial charge in [-0.25, -0.2) is 9.97 Å². The Kier molecular flexibility index (Phi) is 4.56. The van der Waals surface area contributed by atoms with Crippen LogP contribution in [0.1, 0.15) is 30.7 Å². The van der Waals surface area contributed by atoms with Gasteiger partial charge in [-0.05, 0) is 26.3 Å². The Hall–Kier alpha value is -1.98. The number of primary amides is 1. The number of anilines is 1. The first-order chi connectivity index (χ1) is 7.97. The van der Waals surface area contributed by atoms with Gasteiger partial charge in [-0.15, -0.1) is 0 Å². The van der Waals surface area contributed by atoms with E-state index in [1.54, 1.807) is 0 Å². The first kappa shape index (κ1) is 13.1. The Labute approximate surface area is 99.6 Å². The van der Waals surface area contributed by atoms with Crippen LogP contribution in [0.15, 0.2) is 6.07 Å². The minimum absolute atomic E-state index is 0.209. The molecular weight excluding hydrogens is 220 g/mol. The molecule has 92 valence electrons. The van der Waals surface area contributed by atoms with Crippen LogP contribution in [0, 0.1) is 13.8 Å². The fourth-order valence-electron chi connectivity index (χ4n) is 1.39. The van der Waals surface area contributed by atoms with Crippen molar-refractivity contribution < 1.29 is 9.59 Å². The van der Waals surface area contributed by atoms with Crippen molar-refractivity contribution in [2.45, 2.75) is 33.1 Å². The van der Waals surface area contributed by atoms with Crippen molar-refractivity contribution >= 4 is 17.8 Å². The molecule has 17 heavy (non-hydrogen) atoms. The minimum Gasteiger partial charge on any atom is -0.370 e. The van der Waals surface area contributed by atoms with E-state index in [2.05, 4.69) is 15.3 Å². The van der Waals surface area contributed by atoms with E-state index in [1.165, 1.54) is 0 Å². The lowest BCUT2D eigenvalue weighted by molar-refractivity contribution is -0.118. The Morgan fingerprint density at radius 1 is 1.24 bits per heavy atom. The number of rotatable bonds is 5. The third-order valence-electron chi connectivity index (χ3n) is 2.06. The van der Waals surface area contributed by atoms with Crippen LogP contribution in [-0.4, -0.2) is 21.8 Å². The maximum atomic E-state index is 11.5. The highest BCUT2D eigenvalue weighted by atomic mass is 16.2. The average molecular weight is 236 g/mol. The predicted molar refractivity (Wildman–Crippen MR) is 63.2 cm³/mol. The number of aromatic nitrogens is 2. The number of nitrogens with zero attached hydrogens (tertiary/aromatic N) is 2. The number of amides is 2. The number of aryl methyl sites for hydroxylation is 2. The van der Waals surface area contributed by atoms with Crippen LogP contribution >= 0.6 is 0 Å². The normalized spacial score (nSPS) is 10.0. The smallest absolute Gasteiger partial charge is 0.229 e. The standard InChI is InChI=1S/C11H16N4O2/c1-7-6-8(2)14-11(13-7)15-10(17)5-3-4-9(12)16/h6H,3-5H2,1-2H3,(H2,12,16)(H,13,14,15,17). The quantitative estimate of drug-likeness (QED) is 0.785. The molecule has 0 saturated heterocycles. The van der Waals surface area contributed by atoms with Crippen LogP contribution in [0.2, 0.25) is 0 Å². The molecule has 3 N–H and O–H groups in total. The lowest BCUT2D eigenvalue weighted by Gasteiger charge is -2.04. The monoisotopic (exact) mass is 236 g/mol. The van der Waals surface area contributed by atoms with Crippen molar-refractivity contribution in [3.8, 4) is 0 Å². The Bertz CT molecular complexity index is 411. The molecule has 0 bridgehead atoms. The van der Waals surface area contributed by atoms with E-state index in [4.69, 9.17) is 5.73 Å². The van der Waals surface area contributed by atoms with Gasteiger partial charge in [0.1, 0.15) is 0 Å². The highest BCUT2D eigenvalue weighted by Gasteiger charge is 2.06. The molecule has 0 fully saturated rings. The lowest BCUT2D eigenvalue weighted by atomic mass is 10.2. The van der Waals surface area contributed by atoms with Crippen molar-refractivity contribution in [3.63, 3.8) is 0 Å². The second-order valence-electron chi connectivity index (χ2n) is 3.84. The van der Waals surface area contributed by atoms with E-state index in [0.29, 0.717) is 12.4 Å². The molecule has 0 aliphatic carbocycles. The van der Waals surface area contributed by atoms with Crippen molar-refractivity contribution in [1.29, 1.82) is 0 Å². The predicted octanol–water partition coefficient (Wildman–Crippen LogP) is 0.688. The van der Waals surface area contributed by atoms with Crippen molar-refractivity contribution in [1.82, 2.24) is 9.97 Å². The van der Waals surface area contributed by atoms with E-state index in [1.807, 2.05) is 19.9 Å². The third-order valence-corrected chi connectivity index (χ3v) is 2.06. The summed E-state index contributed by atoms with van der Waals surface area (Å²) in [7, 11) is 0. The largest absolute Gasteiger partial charge is 0.370 e. The summed E-state index contributed by atoms with van der Waals surface area (Å²) in [5.41, 5.74) is 6.57. The summed E-state index contributed by atoms with van der Waals surface area (Å²) in [6, 6.07) is 1.82. The second kappa shape index (κ2) is 5.93. The van der Waals surface area contributed by atoms with E-state index in [0.717, 1.165) is 11.4 Å². The molecule has 6 heteroatoms. The average Bonchev–Trinajstić information content (AvgIpc) is 2.14. The number of carbonyl (C=O) groups is 2. The summed E-state index contributed by atoms with van der Waals surface area (Å²) in [4.78, 5) is 30.1. The molecule has 6 nitrogen and oxygen atoms in total. The van der Waals surface area contributed by atoms with Crippen LogP contribution in [0.5, 0.6) is 0 Å².